The molecule has 6 nitrogen and oxygen atoms in total. The molecule has 0 spiro atoms. The zero-order chi connectivity index (χ0) is 22.6. The molecule has 5 rings (SSSR count). The lowest BCUT2D eigenvalue weighted by atomic mass is 10.0. The summed E-state index contributed by atoms with van der Waals surface area (Å²) in [6.45, 7) is 6.01. The lowest BCUT2D eigenvalue weighted by Gasteiger charge is -2.32. The summed E-state index contributed by atoms with van der Waals surface area (Å²) in [4.78, 5) is 19.3. The van der Waals surface area contributed by atoms with Crippen molar-refractivity contribution in [1.29, 1.82) is 0 Å². The van der Waals surface area contributed by atoms with Gasteiger partial charge < -0.3 is 4.90 Å². The molecule has 0 fully saturated rings. The number of amides is 1. The second-order valence-corrected chi connectivity index (χ2v) is 7.69. The number of hydrogen-bond donors (Lipinski definition) is 0. The third kappa shape index (κ3) is 3.08. The Balaban J connectivity index is 1.57. The standard InChI is InChI=1S/C23H18F3N5O/c1-3-17-10-27-20-9-4-15(13-29(17)20)19-11-28-31-14(2)12-30(22(32)21(19)31)18-7-5-16(6-8-18)23(24,25)26/h3-11,13-14H,1,12H2,2H3/t14-/m0/s1. The lowest BCUT2D eigenvalue weighted by molar-refractivity contribution is -0.137. The Morgan fingerprint density at radius 3 is 2.56 bits per heavy atom. The highest BCUT2D eigenvalue weighted by Crippen LogP contribution is 2.35. The molecule has 0 saturated carbocycles. The van der Waals surface area contributed by atoms with Gasteiger partial charge in [-0.1, -0.05) is 6.58 Å². The van der Waals surface area contributed by atoms with Crippen molar-refractivity contribution in [2.24, 2.45) is 0 Å². The van der Waals surface area contributed by atoms with E-state index < -0.39 is 11.7 Å². The van der Waals surface area contributed by atoms with Gasteiger partial charge in [0, 0.05) is 29.6 Å². The first-order chi connectivity index (χ1) is 15.3. The van der Waals surface area contributed by atoms with Gasteiger partial charge in [-0.05, 0) is 49.4 Å². The Hall–Kier alpha value is -3.88. The molecule has 1 aliphatic heterocycles. The smallest absolute Gasteiger partial charge is 0.305 e. The molecular weight excluding hydrogens is 419 g/mol. The van der Waals surface area contributed by atoms with E-state index in [9.17, 15) is 18.0 Å². The Morgan fingerprint density at radius 2 is 1.88 bits per heavy atom. The number of pyridine rings is 1. The van der Waals surface area contributed by atoms with E-state index in [4.69, 9.17) is 0 Å². The number of fused-ring (bicyclic) bond motifs is 2. The summed E-state index contributed by atoms with van der Waals surface area (Å²) < 4.78 is 42.3. The van der Waals surface area contributed by atoms with Crippen molar-refractivity contribution in [3.8, 4) is 11.1 Å². The van der Waals surface area contributed by atoms with Crippen molar-refractivity contribution in [2.45, 2.75) is 19.1 Å². The normalized spacial score (nSPS) is 16.4. The topological polar surface area (TPSA) is 55.4 Å². The van der Waals surface area contributed by atoms with Crippen LogP contribution in [-0.2, 0) is 6.18 Å². The molecule has 1 amide bonds. The number of hydrogen-bond acceptors (Lipinski definition) is 3. The fraction of sp³-hybridized carbons (Fsp3) is 0.174. The van der Waals surface area contributed by atoms with Gasteiger partial charge in [-0.3, -0.25) is 13.9 Å². The number of alkyl halides is 3. The fourth-order valence-electron chi connectivity index (χ4n) is 4.04. The van der Waals surface area contributed by atoms with Crippen LogP contribution in [0.15, 0.2) is 61.6 Å². The second-order valence-electron chi connectivity index (χ2n) is 7.69. The SMILES string of the molecule is C=Cc1cnc2ccc(-c3cnn4c3C(=O)N(c3ccc(C(F)(F)F)cc3)C[C@@H]4C)cn12. The van der Waals surface area contributed by atoms with Gasteiger partial charge >= 0.3 is 6.18 Å². The maximum Gasteiger partial charge on any atom is 0.416 e. The van der Waals surface area contributed by atoms with Crippen LogP contribution in [0.1, 0.15) is 34.7 Å². The van der Waals surface area contributed by atoms with Gasteiger partial charge in [-0.25, -0.2) is 4.98 Å². The van der Waals surface area contributed by atoms with Gasteiger partial charge in [-0.15, -0.1) is 0 Å². The van der Waals surface area contributed by atoms with Crippen molar-refractivity contribution in [1.82, 2.24) is 19.2 Å². The summed E-state index contributed by atoms with van der Waals surface area (Å²) in [7, 11) is 0. The Kier molecular flexibility index (Phi) is 4.44. The minimum atomic E-state index is -4.43. The molecule has 0 bridgehead atoms. The summed E-state index contributed by atoms with van der Waals surface area (Å²) in [6, 6.07) is 8.19. The molecule has 9 heteroatoms. The van der Waals surface area contributed by atoms with E-state index in [1.807, 2.05) is 29.7 Å². The number of nitrogens with zero attached hydrogens (tertiary/aromatic N) is 5. The molecule has 1 aromatic carbocycles. The largest absolute Gasteiger partial charge is 0.416 e. The van der Waals surface area contributed by atoms with E-state index in [0.717, 1.165) is 29.0 Å². The van der Waals surface area contributed by atoms with Crippen LogP contribution in [0.25, 0.3) is 22.9 Å². The fourth-order valence-corrected chi connectivity index (χ4v) is 4.04. The van der Waals surface area contributed by atoms with Crippen LogP contribution in [0.3, 0.4) is 0 Å². The first kappa shape index (κ1) is 20.0. The predicted molar refractivity (Wildman–Crippen MR) is 114 cm³/mol. The average Bonchev–Trinajstić information content (AvgIpc) is 3.40. The van der Waals surface area contributed by atoms with Crippen molar-refractivity contribution in [2.75, 3.05) is 11.4 Å². The monoisotopic (exact) mass is 437 g/mol. The van der Waals surface area contributed by atoms with Gasteiger partial charge in [0.25, 0.3) is 5.91 Å². The molecule has 162 valence electrons. The van der Waals surface area contributed by atoms with Crippen LogP contribution in [-0.4, -0.2) is 31.6 Å². The quantitative estimate of drug-likeness (QED) is 0.449. The summed E-state index contributed by atoms with van der Waals surface area (Å²) in [5, 5.41) is 4.42. The molecule has 1 atom stereocenters. The molecule has 1 aliphatic rings. The highest BCUT2D eigenvalue weighted by molar-refractivity contribution is 6.09. The van der Waals surface area contributed by atoms with E-state index in [2.05, 4.69) is 16.7 Å². The number of rotatable bonds is 3. The average molecular weight is 437 g/mol. The maximum absolute atomic E-state index is 13.4. The van der Waals surface area contributed by atoms with Crippen molar-refractivity contribution in [3.05, 3.63) is 78.5 Å². The number of carbonyl (C=O) groups excluding carboxylic acids is 1. The van der Waals surface area contributed by atoms with Crippen LogP contribution in [0.2, 0.25) is 0 Å². The molecule has 3 aromatic heterocycles. The van der Waals surface area contributed by atoms with Gasteiger partial charge in [0.05, 0.1) is 29.7 Å². The summed E-state index contributed by atoms with van der Waals surface area (Å²) >= 11 is 0. The van der Waals surface area contributed by atoms with Crippen LogP contribution in [0, 0.1) is 0 Å². The highest BCUT2D eigenvalue weighted by Gasteiger charge is 2.35. The first-order valence-corrected chi connectivity index (χ1v) is 9.94. The van der Waals surface area contributed by atoms with Gasteiger partial charge in [-0.2, -0.15) is 18.3 Å². The molecule has 0 radical (unpaired) electrons. The predicted octanol–water partition coefficient (Wildman–Crippen LogP) is 5.08. The van der Waals surface area contributed by atoms with Gasteiger partial charge in [0.2, 0.25) is 0 Å². The molecule has 32 heavy (non-hydrogen) atoms. The van der Waals surface area contributed by atoms with Gasteiger partial charge in [0.15, 0.2) is 0 Å². The van der Waals surface area contributed by atoms with E-state index >= 15 is 0 Å². The number of aromatic nitrogens is 4. The zero-order valence-corrected chi connectivity index (χ0v) is 17.0. The minimum Gasteiger partial charge on any atom is -0.305 e. The van der Waals surface area contributed by atoms with Gasteiger partial charge in [0.1, 0.15) is 11.3 Å². The Labute approximate surface area is 181 Å². The summed E-state index contributed by atoms with van der Waals surface area (Å²) in [5.74, 6) is -0.315. The lowest BCUT2D eigenvalue weighted by Crippen LogP contribution is -2.42. The molecule has 0 aliphatic carbocycles. The number of imidazole rings is 1. The molecule has 4 aromatic rings. The third-order valence-corrected chi connectivity index (χ3v) is 5.67. The number of benzene rings is 1. The van der Waals surface area contributed by atoms with Crippen LogP contribution in [0.5, 0.6) is 0 Å². The highest BCUT2D eigenvalue weighted by atomic mass is 19.4. The minimum absolute atomic E-state index is 0.153. The third-order valence-electron chi connectivity index (χ3n) is 5.67. The van der Waals surface area contributed by atoms with Crippen LogP contribution < -0.4 is 4.90 Å². The molecule has 4 heterocycles. The van der Waals surface area contributed by atoms with Crippen LogP contribution in [0.4, 0.5) is 18.9 Å². The number of anilines is 1. The Morgan fingerprint density at radius 1 is 1.12 bits per heavy atom. The zero-order valence-electron chi connectivity index (χ0n) is 17.0. The molecular formula is C23H18F3N5O. The van der Waals surface area contributed by atoms with Crippen molar-refractivity contribution < 1.29 is 18.0 Å². The number of halogens is 3. The first-order valence-electron chi connectivity index (χ1n) is 9.94. The van der Waals surface area contributed by atoms with E-state index in [1.54, 1.807) is 23.2 Å². The summed E-state index contributed by atoms with van der Waals surface area (Å²) in [5.41, 5.74) is 3.02. The molecule has 0 unspecified atom stereocenters. The van der Waals surface area contributed by atoms with E-state index in [0.29, 0.717) is 23.5 Å². The van der Waals surface area contributed by atoms with Crippen molar-refractivity contribution in [3.63, 3.8) is 0 Å². The molecule has 0 N–H and O–H groups in total. The summed E-state index contributed by atoms with van der Waals surface area (Å²) in [6.07, 6.45) is 2.48. The number of carbonyl (C=O) groups is 1. The van der Waals surface area contributed by atoms with E-state index in [-0.39, 0.29) is 11.9 Å². The van der Waals surface area contributed by atoms with Crippen LogP contribution >= 0.6 is 0 Å². The maximum atomic E-state index is 13.4. The second kappa shape index (κ2) is 7.08. The Bertz CT molecular complexity index is 1350. The van der Waals surface area contributed by atoms with Crippen molar-refractivity contribution >= 4 is 23.3 Å². The van der Waals surface area contributed by atoms with E-state index in [1.165, 1.54) is 17.0 Å². The molecule has 0 saturated heterocycles.